The van der Waals surface area contributed by atoms with Crippen LogP contribution in [0.15, 0.2) is 35.2 Å². The Morgan fingerprint density at radius 2 is 1.81 bits per heavy atom. The molecule has 5 heteroatoms. The van der Waals surface area contributed by atoms with E-state index in [1.54, 1.807) is 32.0 Å². The van der Waals surface area contributed by atoms with Crippen LogP contribution in [-0.2, 0) is 10.0 Å². The molecular weight excluding hydrogens is 226 g/mol. The van der Waals surface area contributed by atoms with Crippen molar-refractivity contribution >= 4 is 10.0 Å². The van der Waals surface area contributed by atoms with Crippen LogP contribution in [0.25, 0.3) is 0 Å². The highest BCUT2D eigenvalue weighted by atomic mass is 32.2. The molecule has 0 spiro atoms. The minimum Gasteiger partial charge on any atom is -0.390 e. The van der Waals surface area contributed by atoms with Gasteiger partial charge < -0.3 is 5.11 Å². The van der Waals surface area contributed by atoms with Crippen molar-refractivity contribution in [2.24, 2.45) is 0 Å². The topological polar surface area (TPSA) is 66.4 Å². The van der Waals surface area contributed by atoms with E-state index in [0.717, 1.165) is 0 Å². The highest BCUT2D eigenvalue weighted by molar-refractivity contribution is 7.89. The van der Waals surface area contributed by atoms with E-state index in [1.807, 2.05) is 0 Å². The van der Waals surface area contributed by atoms with Crippen molar-refractivity contribution in [3.05, 3.63) is 30.3 Å². The predicted molar refractivity (Wildman–Crippen MR) is 62.5 cm³/mol. The van der Waals surface area contributed by atoms with Crippen LogP contribution in [0, 0.1) is 0 Å². The lowest BCUT2D eigenvalue weighted by Crippen LogP contribution is -2.30. The first-order chi connectivity index (χ1) is 7.31. The van der Waals surface area contributed by atoms with Crippen molar-refractivity contribution in [1.82, 2.24) is 4.72 Å². The van der Waals surface area contributed by atoms with Crippen molar-refractivity contribution in [2.75, 3.05) is 6.54 Å². The Hall–Kier alpha value is -0.910. The Bertz CT molecular complexity index is 420. The number of hydrogen-bond donors (Lipinski definition) is 2. The molecule has 16 heavy (non-hydrogen) atoms. The molecule has 2 N–H and O–H groups in total. The zero-order chi connectivity index (χ0) is 12.2. The summed E-state index contributed by atoms with van der Waals surface area (Å²) in [7, 11) is -3.44. The van der Waals surface area contributed by atoms with E-state index in [4.69, 9.17) is 0 Å². The van der Waals surface area contributed by atoms with E-state index in [9.17, 15) is 13.5 Å². The molecule has 1 rings (SSSR count). The minimum absolute atomic E-state index is 0.223. The van der Waals surface area contributed by atoms with Gasteiger partial charge in [-0.05, 0) is 32.4 Å². The third kappa shape index (κ3) is 4.30. The van der Waals surface area contributed by atoms with Gasteiger partial charge in [-0.2, -0.15) is 0 Å². The number of aliphatic hydroxyl groups is 1. The Kier molecular flexibility index (Phi) is 4.07. The number of rotatable bonds is 5. The van der Waals surface area contributed by atoms with E-state index < -0.39 is 15.6 Å². The number of benzene rings is 1. The van der Waals surface area contributed by atoms with E-state index in [-0.39, 0.29) is 11.4 Å². The molecule has 1 aromatic rings. The molecule has 4 nitrogen and oxygen atoms in total. The van der Waals surface area contributed by atoms with Gasteiger partial charge in [-0.15, -0.1) is 0 Å². The van der Waals surface area contributed by atoms with Crippen molar-refractivity contribution < 1.29 is 13.5 Å². The second-order valence-corrected chi connectivity index (χ2v) is 6.04. The third-order valence-electron chi connectivity index (χ3n) is 2.08. The normalized spacial score (nSPS) is 12.7. The lowest BCUT2D eigenvalue weighted by atomic mass is 10.1. The van der Waals surface area contributed by atoms with Gasteiger partial charge in [0, 0.05) is 6.54 Å². The molecule has 0 fully saturated rings. The summed E-state index contributed by atoms with van der Waals surface area (Å²) < 4.78 is 25.9. The Labute approximate surface area is 96.4 Å². The summed E-state index contributed by atoms with van der Waals surface area (Å²) in [6, 6.07) is 8.17. The second-order valence-electron chi connectivity index (χ2n) is 4.27. The Balaban J connectivity index is 2.61. The Morgan fingerprint density at radius 1 is 1.25 bits per heavy atom. The SMILES string of the molecule is CC(C)(O)CCNS(=O)(=O)c1ccccc1. The lowest BCUT2D eigenvalue weighted by Gasteiger charge is -2.16. The van der Waals surface area contributed by atoms with Crippen molar-refractivity contribution in [1.29, 1.82) is 0 Å². The highest BCUT2D eigenvalue weighted by Gasteiger charge is 2.16. The van der Waals surface area contributed by atoms with Crippen LogP contribution < -0.4 is 4.72 Å². The molecule has 1 aromatic carbocycles. The average Bonchev–Trinajstić information content (AvgIpc) is 2.17. The smallest absolute Gasteiger partial charge is 0.240 e. The highest BCUT2D eigenvalue weighted by Crippen LogP contribution is 2.09. The fourth-order valence-electron chi connectivity index (χ4n) is 1.17. The van der Waals surface area contributed by atoms with Gasteiger partial charge in [0.1, 0.15) is 0 Å². The molecule has 0 amide bonds. The molecule has 0 unspecified atom stereocenters. The quantitative estimate of drug-likeness (QED) is 0.814. The molecule has 0 bridgehead atoms. The standard InChI is InChI=1S/C11H17NO3S/c1-11(2,13)8-9-12-16(14,15)10-6-4-3-5-7-10/h3-7,12-13H,8-9H2,1-2H3. The average molecular weight is 243 g/mol. The van der Waals surface area contributed by atoms with Crippen molar-refractivity contribution in [2.45, 2.75) is 30.8 Å². The summed E-state index contributed by atoms with van der Waals surface area (Å²) in [4.78, 5) is 0.241. The largest absolute Gasteiger partial charge is 0.390 e. The van der Waals surface area contributed by atoms with Crippen LogP contribution in [0.1, 0.15) is 20.3 Å². The van der Waals surface area contributed by atoms with Gasteiger partial charge in [-0.1, -0.05) is 18.2 Å². The molecule has 0 aliphatic carbocycles. The maximum atomic E-state index is 11.7. The molecule has 0 saturated carbocycles. The maximum Gasteiger partial charge on any atom is 0.240 e. The van der Waals surface area contributed by atoms with Crippen LogP contribution in [-0.4, -0.2) is 25.7 Å². The monoisotopic (exact) mass is 243 g/mol. The van der Waals surface area contributed by atoms with Crippen molar-refractivity contribution in [3.8, 4) is 0 Å². The van der Waals surface area contributed by atoms with Gasteiger partial charge in [0.25, 0.3) is 0 Å². The minimum atomic E-state index is -3.44. The summed E-state index contributed by atoms with van der Waals surface area (Å²) in [6.45, 7) is 3.51. The summed E-state index contributed by atoms with van der Waals surface area (Å²) in [5, 5.41) is 9.45. The fraction of sp³-hybridized carbons (Fsp3) is 0.455. The molecule has 0 aromatic heterocycles. The van der Waals surface area contributed by atoms with E-state index >= 15 is 0 Å². The van der Waals surface area contributed by atoms with Gasteiger partial charge in [0.15, 0.2) is 0 Å². The Morgan fingerprint density at radius 3 is 2.31 bits per heavy atom. The molecule has 0 aliphatic rings. The van der Waals surface area contributed by atoms with Crippen LogP contribution in [0.5, 0.6) is 0 Å². The summed E-state index contributed by atoms with van der Waals surface area (Å²) in [5.74, 6) is 0. The molecule has 0 heterocycles. The van der Waals surface area contributed by atoms with Crippen LogP contribution in [0.2, 0.25) is 0 Å². The maximum absolute atomic E-state index is 11.7. The number of nitrogens with one attached hydrogen (secondary N) is 1. The first-order valence-electron chi connectivity index (χ1n) is 5.08. The summed E-state index contributed by atoms with van der Waals surface area (Å²) in [5.41, 5.74) is -0.862. The molecule has 90 valence electrons. The summed E-state index contributed by atoms with van der Waals surface area (Å²) in [6.07, 6.45) is 0.374. The first-order valence-corrected chi connectivity index (χ1v) is 6.57. The van der Waals surface area contributed by atoms with Gasteiger partial charge in [-0.3, -0.25) is 0 Å². The molecular formula is C11H17NO3S. The molecule has 0 radical (unpaired) electrons. The number of sulfonamides is 1. The van der Waals surface area contributed by atoms with Crippen LogP contribution in [0.3, 0.4) is 0 Å². The van der Waals surface area contributed by atoms with Gasteiger partial charge in [0.2, 0.25) is 10.0 Å². The third-order valence-corrected chi connectivity index (χ3v) is 3.56. The zero-order valence-corrected chi connectivity index (χ0v) is 10.3. The zero-order valence-electron chi connectivity index (χ0n) is 9.47. The van der Waals surface area contributed by atoms with E-state index in [2.05, 4.69) is 4.72 Å². The van der Waals surface area contributed by atoms with Crippen LogP contribution >= 0.6 is 0 Å². The predicted octanol–water partition coefficient (Wildman–Crippen LogP) is 1.13. The van der Waals surface area contributed by atoms with Gasteiger partial charge in [-0.25, -0.2) is 13.1 Å². The first kappa shape index (κ1) is 13.2. The molecule has 0 saturated heterocycles. The van der Waals surface area contributed by atoms with Gasteiger partial charge in [0.05, 0.1) is 10.5 Å². The lowest BCUT2D eigenvalue weighted by molar-refractivity contribution is 0.0728. The summed E-state index contributed by atoms with van der Waals surface area (Å²) >= 11 is 0. The van der Waals surface area contributed by atoms with Gasteiger partial charge >= 0.3 is 0 Å². The van der Waals surface area contributed by atoms with Crippen LogP contribution in [0.4, 0.5) is 0 Å². The second kappa shape index (κ2) is 4.95. The van der Waals surface area contributed by atoms with E-state index in [1.165, 1.54) is 12.1 Å². The fourth-order valence-corrected chi connectivity index (χ4v) is 2.23. The molecule has 0 aliphatic heterocycles. The van der Waals surface area contributed by atoms with Crippen molar-refractivity contribution in [3.63, 3.8) is 0 Å². The molecule has 0 atom stereocenters. The number of hydrogen-bond acceptors (Lipinski definition) is 3. The van der Waals surface area contributed by atoms with E-state index in [0.29, 0.717) is 6.42 Å².